The third-order valence-electron chi connectivity index (χ3n) is 4.75. The van der Waals surface area contributed by atoms with E-state index in [0.717, 1.165) is 5.56 Å². The Morgan fingerprint density at radius 1 is 0.964 bits per heavy atom. The van der Waals surface area contributed by atoms with Crippen LogP contribution in [0.5, 0.6) is 11.5 Å². The number of esters is 1. The summed E-state index contributed by atoms with van der Waals surface area (Å²) in [6.45, 7) is 0. The number of Topliss-reactive ketones (excluding diaryl/α,β-unsaturated/α-hetero) is 2. The maximum absolute atomic E-state index is 12.7. The van der Waals surface area contributed by atoms with Crippen molar-refractivity contribution in [3.05, 3.63) is 59.7 Å². The summed E-state index contributed by atoms with van der Waals surface area (Å²) in [5.74, 6) is -2.00. The highest BCUT2D eigenvalue weighted by Crippen LogP contribution is 2.26. The number of carbonyl (C=O) groups is 3. The van der Waals surface area contributed by atoms with Crippen LogP contribution < -0.4 is 9.47 Å². The molecule has 146 valence electrons. The topological polar surface area (TPSA) is 78.9 Å². The Kier molecular flexibility index (Phi) is 6.09. The molecule has 6 heteroatoms. The van der Waals surface area contributed by atoms with Crippen LogP contribution in [-0.2, 0) is 32.0 Å². The quantitative estimate of drug-likeness (QED) is 0.516. The van der Waals surface area contributed by atoms with Crippen molar-refractivity contribution in [2.24, 2.45) is 5.92 Å². The van der Waals surface area contributed by atoms with Gasteiger partial charge in [0.2, 0.25) is 0 Å². The van der Waals surface area contributed by atoms with Gasteiger partial charge in [-0.05, 0) is 36.1 Å². The van der Waals surface area contributed by atoms with Crippen molar-refractivity contribution in [2.45, 2.75) is 25.4 Å². The van der Waals surface area contributed by atoms with Crippen LogP contribution >= 0.6 is 0 Å². The maximum Gasteiger partial charge on any atom is 0.325 e. The molecule has 1 heterocycles. The first-order chi connectivity index (χ1) is 13.5. The smallest absolute Gasteiger partial charge is 0.325 e. The lowest BCUT2D eigenvalue weighted by atomic mass is 9.92. The molecule has 0 aliphatic carbocycles. The Bertz CT molecular complexity index is 852. The fourth-order valence-corrected chi connectivity index (χ4v) is 3.27. The molecule has 0 amide bonds. The SMILES string of the molecule is COc1cc(CC(=O)C2C(=O)OC(CCc3ccccc3)C2=O)cc(OC)c1. The second kappa shape index (κ2) is 8.69. The van der Waals surface area contributed by atoms with Gasteiger partial charge in [-0.15, -0.1) is 0 Å². The van der Waals surface area contributed by atoms with E-state index in [1.165, 1.54) is 14.2 Å². The molecule has 0 radical (unpaired) electrons. The normalized spacial score (nSPS) is 18.6. The van der Waals surface area contributed by atoms with E-state index in [-0.39, 0.29) is 6.42 Å². The first-order valence-corrected chi connectivity index (χ1v) is 9.04. The predicted octanol–water partition coefficient (Wildman–Crippen LogP) is 2.56. The first kappa shape index (κ1) is 19.6. The van der Waals surface area contributed by atoms with Gasteiger partial charge in [-0.3, -0.25) is 14.4 Å². The van der Waals surface area contributed by atoms with Gasteiger partial charge in [0.05, 0.1) is 14.2 Å². The molecular formula is C22H22O6. The lowest BCUT2D eigenvalue weighted by Crippen LogP contribution is -2.29. The minimum atomic E-state index is -1.36. The van der Waals surface area contributed by atoms with Crippen molar-refractivity contribution in [1.29, 1.82) is 0 Å². The zero-order valence-corrected chi connectivity index (χ0v) is 15.8. The fourth-order valence-electron chi connectivity index (χ4n) is 3.27. The molecule has 0 saturated carbocycles. The van der Waals surface area contributed by atoms with Gasteiger partial charge in [0.15, 0.2) is 23.6 Å². The van der Waals surface area contributed by atoms with Crippen LogP contribution in [0.1, 0.15) is 17.5 Å². The van der Waals surface area contributed by atoms with Gasteiger partial charge in [0.25, 0.3) is 0 Å². The van der Waals surface area contributed by atoms with Crippen LogP contribution in [0.25, 0.3) is 0 Å². The Balaban J connectivity index is 1.67. The van der Waals surface area contributed by atoms with Crippen LogP contribution in [0.4, 0.5) is 0 Å². The molecular weight excluding hydrogens is 360 g/mol. The van der Waals surface area contributed by atoms with Crippen molar-refractivity contribution < 1.29 is 28.6 Å². The molecule has 2 aromatic rings. The number of hydrogen-bond donors (Lipinski definition) is 0. The fraction of sp³-hybridized carbons (Fsp3) is 0.318. The first-order valence-electron chi connectivity index (χ1n) is 9.04. The van der Waals surface area contributed by atoms with Crippen LogP contribution in [-0.4, -0.2) is 37.9 Å². The molecule has 28 heavy (non-hydrogen) atoms. The molecule has 1 saturated heterocycles. The van der Waals surface area contributed by atoms with Gasteiger partial charge in [-0.2, -0.15) is 0 Å². The van der Waals surface area contributed by atoms with Crippen molar-refractivity contribution in [1.82, 2.24) is 0 Å². The number of ketones is 2. The summed E-state index contributed by atoms with van der Waals surface area (Å²) < 4.78 is 15.6. The summed E-state index contributed by atoms with van der Waals surface area (Å²) in [4.78, 5) is 37.4. The highest BCUT2D eigenvalue weighted by atomic mass is 16.6. The third-order valence-corrected chi connectivity index (χ3v) is 4.75. The molecule has 1 aliphatic heterocycles. The summed E-state index contributed by atoms with van der Waals surface area (Å²) in [7, 11) is 3.02. The molecule has 0 aromatic heterocycles. The van der Waals surface area contributed by atoms with E-state index < -0.39 is 29.6 Å². The summed E-state index contributed by atoms with van der Waals surface area (Å²) in [6, 6.07) is 14.7. The summed E-state index contributed by atoms with van der Waals surface area (Å²) in [5, 5.41) is 0. The second-order valence-corrected chi connectivity index (χ2v) is 6.65. The lowest BCUT2D eigenvalue weighted by molar-refractivity contribution is -0.146. The van der Waals surface area contributed by atoms with Crippen molar-refractivity contribution in [3.63, 3.8) is 0 Å². The van der Waals surface area contributed by atoms with Gasteiger partial charge >= 0.3 is 5.97 Å². The van der Waals surface area contributed by atoms with Gasteiger partial charge < -0.3 is 14.2 Å². The van der Waals surface area contributed by atoms with Crippen LogP contribution in [0.15, 0.2) is 48.5 Å². The van der Waals surface area contributed by atoms with E-state index in [9.17, 15) is 14.4 Å². The van der Waals surface area contributed by atoms with E-state index in [2.05, 4.69) is 0 Å². The van der Waals surface area contributed by atoms with Crippen LogP contribution in [0, 0.1) is 5.92 Å². The van der Waals surface area contributed by atoms with Gasteiger partial charge in [0.1, 0.15) is 11.5 Å². The molecule has 0 spiro atoms. The third kappa shape index (κ3) is 4.39. The predicted molar refractivity (Wildman–Crippen MR) is 101 cm³/mol. The lowest BCUT2D eigenvalue weighted by Gasteiger charge is -2.09. The average molecular weight is 382 g/mol. The minimum absolute atomic E-state index is 0.0789. The molecule has 1 aliphatic rings. The molecule has 6 nitrogen and oxygen atoms in total. The molecule has 2 aromatic carbocycles. The van der Waals surface area contributed by atoms with Crippen molar-refractivity contribution in [3.8, 4) is 11.5 Å². The Hall–Kier alpha value is -3.15. The highest BCUT2D eigenvalue weighted by molar-refractivity contribution is 6.22. The Morgan fingerprint density at radius 2 is 1.61 bits per heavy atom. The molecule has 0 N–H and O–H groups in total. The molecule has 3 rings (SSSR count). The summed E-state index contributed by atoms with van der Waals surface area (Å²) in [5.41, 5.74) is 1.65. The average Bonchev–Trinajstić information content (AvgIpc) is 3.00. The Morgan fingerprint density at radius 3 is 2.21 bits per heavy atom. The minimum Gasteiger partial charge on any atom is -0.497 e. The number of carbonyl (C=O) groups excluding carboxylic acids is 3. The van der Waals surface area contributed by atoms with Crippen LogP contribution in [0.2, 0.25) is 0 Å². The van der Waals surface area contributed by atoms with E-state index >= 15 is 0 Å². The monoisotopic (exact) mass is 382 g/mol. The van der Waals surface area contributed by atoms with E-state index in [1.54, 1.807) is 18.2 Å². The number of aryl methyl sites for hydroxylation is 1. The molecule has 2 atom stereocenters. The number of ether oxygens (including phenoxy) is 3. The largest absolute Gasteiger partial charge is 0.497 e. The van der Waals surface area contributed by atoms with Gasteiger partial charge in [-0.1, -0.05) is 30.3 Å². The van der Waals surface area contributed by atoms with Crippen molar-refractivity contribution >= 4 is 17.5 Å². The summed E-state index contributed by atoms with van der Waals surface area (Å²) in [6.07, 6.45) is 0.00967. The summed E-state index contributed by atoms with van der Waals surface area (Å²) >= 11 is 0. The number of hydrogen-bond acceptors (Lipinski definition) is 6. The molecule has 2 unspecified atom stereocenters. The number of methoxy groups -OCH3 is 2. The maximum atomic E-state index is 12.7. The van der Waals surface area contributed by atoms with Gasteiger partial charge in [0, 0.05) is 12.5 Å². The molecule has 1 fully saturated rings. The van der Waals surface area contributed by atoms with E-state index in [4.69, 9.17) is 14.2 Å². The Labute approximate surface area is 163 Å². The molecule has 0 bridgehead atoms. The van der Waals surface area contributed by atoms with Crippen molar-refractivity contribution in [2.75, 3.05) is 14.2 Å². The van der Waals surface area contributed by atoms with E-state index in [1.807, 2.05) is 30.3 Å². The number of rotatable bonds is 8. The van der Waals surface area contributed by atoms with Crippen LogP contribution in [0.3, 0.4) is 0 Å². The zero-order chi connectivity index (χ0) is 20.1. The number of cyclic esters (lactones) is 1. The second-order valence-electron chi connectivity index (χ2n) is 6.65. The van der Waals surface area contributed by atoms with Gasteiger partial charge in [-0.25, -0.2) is 0 Å². The van der Waals surface area contributed by atoms with E-state index in [0.29, 0.717) is 29.9 Å². The standard InChI is InChI=1S/C22H22O6/c1-26-16-10-15(11-17(13-16)27-2)12-18(23)20-21(24)19(28-22(20)25)9-8-14-6-4-3-5-7-14/h3-7,10-11,13,19-20H,8-9,12H2,1-2H3. The number of benzene rings is 2. The zero-order valence-electron chi connectivity index (χ0n) is 15.8. The highest BCUT2D eigenvalue weighted by Gasteiger charge is 2.47.